The number of rotatable bonds is 2. The molecule has 2 atom stereocenters. The van der Waals surface area contributed by atoms with Crippen LogP contribution in [0.3, 0.4) is 0 Å². The molecular weight excluding hydrogens is 220 g/mol. The summed E-state index contributed by atoms with van der Waals surface area (Å²) in [6, 6.07) is 4.66. The van der Waals surface area contributed by atoms with Gasteiger partial charge in [-0.2, -0.15) is 0 Å². The average Bonchev–Trinajstić information content (AvgIpc) is 2.30. The quantitative estimate of drug-likeness (QED) is 0.701. The highest BCUT2D eigenvalue weighted by atomic mass is 16.5. The molecule has 1 saturated heterocycles. The van der Waals surface area contributed by atoms with Crippen LogP contribution >= 0.6 is 0 Å². The Hall–Kier alpha value is -1.75. The third-order valence-electron chi connectivity index (χ3n) is 2.82. The molecule has 0 spiro atoms. The molecule has 5 nitrogen and oxygen atoms in total. The molecule has 0 aliphatic carbocycles. The maximum absolute atomic E-state index is 11.8. The summed E-state index contributed by atoms with van der Waals surface area (Å²) in [4.78, 5) is 11.8. The van der Waals surface area contributed by atoms with Crippen LogP contribution in [0, 0.1) is 0 Å². The highest BCUT2D eigenvalue weighted by Gasteiger charge is 2.27. The number of carbonyl (C=O) groups excluding carboxylic acids is 1. The van der Waals surface area contributed by atoms with Crippen molar-refractivity contribution in [3.63, 3.8) is 0 Å². The van der Waals surface area contributed by atoms with Gasteiger partial charge in [0.15, 0.2) is 11.5 Å². The SMILES string of the molecule is COc1cc(C2NCC(C)NC2=O)ccc1O. The van der Waals surface area contributed by atoms with Gasteiger partial charge < -0.3 is 20.5 Å². The number of nitrogens with one attached hydrogen (secondary N) is 2. The molecule has 5 heteroatoms. The summed E-state index contributed by atoms with van der Waals surface area (Å²) in [5, 5.41) is 15.5. The van der Waals surface area contributed by atoms with Gasteiger partial charge in [0.25, 0.3) is 0 Å². The molecule has 1 aliphatic rings. The standard InChI is InChI=1S/C12H16N2O3/c1-7-6-13-11(12(16)14-7)8-3-4-9(15)10(5-8)17-2/h3-5,7,11,13,15H,6H2,1-2H3,(H,14,16). The van der Waals surface area contributed by atoms with Gasteiger partial charge in [0, 0.05) is 12.6 Å². The first-order valence-electron chi connectivity index (χ1n) is 5.52. The molecule has 1 aromatic rings. The minimum absolute atomic E-state index is 0.0588. The van der Waals surface area contributed by atoms with Gasteiger partial charge in [-0.15, -0.1) is 0 Å². The monoisotopic (exact) mass is 236 g/mol. The maximum Gasteiger partial charge on any atom is 0.241 e. The average molecular weight is 236 g/mol. The van der Waals surface area contributed by atoms with E-state index >= 15 is 0 Å². The summed E-state index contributed by atoms with van der Waals surface area (Å²) < 4.78 is 5.02. The van der Waals surface area contributed by atoms with Crippen molar-refractivity contribution >= 4 is 5.91 Å². The third kappa shape index (κ3) is 2.34. The van der Waals surface area contributed by atoms with Gasteiger partial charge in [-0.3, -0.25) is 4.79 Å². The Labute approximate surface area is 99.8 Å². The van der Waals surface area contributed by atoms with Crippen molar-refractivity contribution in [3.8, 4) is 11.5 Å². The Kier molecular flexibility index (Phi) is 3.19. The number of phenolic OH excluding ortho intramolecular Hbond substituents is 1. The van der Waals surface area contributed by atoms with Crippen LogP contribution in [0.1, 0.15) is 18.5 Å². The molecule has 0 aromatic heterocycles. The third-order valence-corrected chi connectivity index (χ3v) is 2.82. The molecule has 92 valence electrons. The lowest BCUT2D eigenvalue weighted by atomic mass is 10.0. The Morgan fingerprint density at radius 2 is 2.24 bits per heavy atom. The summed E-state index contributed by atoms with van der Waals surface area (Å²) in [5.74, 6) is 0.382. The molecule has 0 bridgehead atoms. The first-order valence-corrected chi connectivity index (χ1v) is 5.52. The van der Waals surface area contributed by atoms with Gasteiger partial charge in [-0.1, -0.05) is 6.07 Å². The highest BCUT2D eigenvalue weighted by Crippen LogP contribution is 2.29. The second-order valence-corrected chi connectivity index (χ2v) is 4.18. The Morgan fingerprint density at radius 1 is 1.47 bits per heavy atom. The highest BCUT2D eigenvalue weighted by molar-refractivity contribution is 5.84. The van der Waals surface area contributed by atoms with Crippen LogP contribution in [0.25, 0.3) is 0 Å². The summed E-state index contributed by atoms with van der Waals surface area (Å²) in [5.41, 5.74) is 0.782. The van der Waals surface area contributed by atoms with Gasteiger partial charge in [-0.05, 0) is 24.6 Å². The van der Waals surface area contributed by atoms with Crippen molar-refractivity contribution in [1.29, 1.82) is 0 Å². The molecule has 1 aromatic carbocycles. The number of piperazine rings is 1. The fraction of sp³-hybridized carbons (Fsp3) is 0.417. The largest absolute Gasteiger partial charge is 0.504 e. The van der Waals surface area contributed by atoms with Gasteiger partial charge in [0.05, 0.1) is 7.11 Å². The number of ether oxygens (including phenoxy) is 1. The van der Waals surface area contributed by atoms with E-state index in [1.807, 2.05) is 6.92 Å². The van der Waals surface area contributed by atoms with Crippen molar-refractivity contribution in [2.75, 3.05) is 13.7 Å². The lowest BCUT2D eigenvalue weighted by molar-refractivity contribution is -0.125. The predicted octanol–water partition coefficient (Wildman–Crippen LogP) is 0.550. The minimum atomic E-state index is -0.388. The topological polar surface area (TPSA) is 70.6 Å². The number of aromatic hydroxyl groups is 1. The van der Waals surface area contributed by atoms with Crippen LogP contribution < -0.4 is 15.4 Å². The molecule has 2 unspecified atom stereocenters. The van der Waals surface area contributed by atoms with Gasteiger partial charge in [0.2, 0.25) is 5.91 Å². The molecule has 17 heavy (non-hydrogen) atoms. The molecule has 3 N–H and O–H groups in total. The van der Waals surface area contributed by atoms with Crippen molar-refractivity contribution < 1.29 is 14.6 Å². The fourth-order valence-corrected chi connectivity index (χ4v) is 1.91. The van der Waals surface area contributed by atoms with E-state index in [-0.39, 0.29) is 23.7 Å². The van der Waals surface area contributed by atoms with Crippen molar-refractivity contribution in [3.05, 3.63) is 23.8 Å². The second kappa shape index (κ2) is 4.63. The van der Waals surface area contributed by atoms with E-state index in [1.54, 1.807) is 12.1 Å². The van der Waals surface area contributed by atoms with Crippen molar-refractivity contribution in [2.45, 2.75) is 19.0 Å². The van der Waals surface area contributed by atoms with Crippen molar-refractivity contribution in [2.24, 2.45) is 0 Å². The molecule has 0 radical (unpaired) electrons. The fourth-order valence-electron chi connectivity index (χ4n) is 1.91. The summed E-state index contributed by atoms with van der Waals surface area (Å²) in [6.45, 7) is 2.66. The Bertz CT molecular complexity index is 434. The van der Waals surface area contributed by atoms with E-state index < -0.39 is 0 Å². The van der Waals surface area contributed by atoms with Gasteiger partial charge in [0.1, 0.15) is 6.04 Å². The first-order chi connectivity index (χ1) is 8.11. The van der Waals surface area contributed by atoms with Crippen LogP contribution in [-0.4, -0.2) is 30.7 Å². The Balaban J connectivity index is 2.25. The number of hydrogen-bond acceptors (Lipinski definition) is 4. The summed E-state index contributed by atoms with van der Waals surface area (Å²) in [6.07, 6.45) is 0. The zero-order chi connectivity index (χ0) is 12.4. The zero-order valence-electron chi connectivity index (χ0n) is 9.86. The molecule has 2 rings (SSSR count). The number of hydrogen-bond donors (Lipinski definition) is 3. The normalized spacial score (nSPS) is 24.2. The lowest BCUT2D eigenvalue weighted by Gasteiger charge is -2.28. The van der Waals surface area contributed by atoms with E-state index in [2.05, 4.69) is 10.6 Å². The Morgan fingerprint density at radius 3 is 2.88 bits per heavy atom. The van der Waals surface area contributed by atoms with Gasteiger partial charge >= 0.3 is 0 Å². The lowest BCUT2D eigenvalue weighted by Crippen LogP contribution is -2.52. The second-order valence-electron chi connectivity index (χ2n) is 4.18. The number of phenols is 1. The smallest absolute Gasteiger partial charge is 0.241 e. The van der Waals surface area contributed by atoms with Crippen LogP contribution in [0.15, 0.2) is 18.2 Å². The van der Waals surface area contributed by atoms with E-state index in [0.717, 1.165) is 12.1 Å². The van der Waals surface area contributed by atoms with E-state index in [0.29, 0.717) is 5.75 Å². The number of benzene rings is 1. The van der Waals surface area contributed by atoms with E-state index in [9.17, 15) is 9.90 Å². The maximum atomic E-state index is 11.8. The molecule has 1 fully saturated rings. The zero-order valence-corrected chi connectivity index (χ0v) is 9.86. The number of carbonyl (C=O) groups is 1. The van der Waals surface area contributed by atoms with Crippen molar-refractivity contribution in [1.82, 2.24) is 10.6 Å². The predicted molar refractivity (Wildman–Crippen MR) is 63.0 cm³/mol. The number of amides is 1. The van der Waals surface area contributed by atoms with E-state index in [4.69, 9.17) is 4.74 Å². The molecular formula is C12H16N2O3. The van der Waals surface area contributed by atoms with Crippen LogP contribution in [0.4, 0.5) is 0 Å². The molecule has 1 heterocycles. The molecule has 1 amide bonds. The molecule has 0 saturated carbocycles. The molecule has 1 aliphatic heterocycles. The van der Waals surface area contributed by atoms with Crippen LogP contribution in [0.2, 0.25) is 0 Å². The van der Waals surface area contributed by atoms with Crippen LogP contribution in [-0.2, 0) is 4.79 Å². The first kappa shape index (κ1) is 11.7. The summed E-state index contributed by atoms with van der Waals surface area (Å²) >= 11 is 0. The minimum Gasteiger partial charge on any atom is -0.504 e. The van der Waals surface area contributed by atoms with Gasteiger partial charge in [-0.25, -0.2) is 0 Å². The summed E-state index contributed by atoms with van der Waals surface area (Å²) in [7, 11) is 1.48. The van der Waals surface area contributed by atoms with E-state index in [1.165, 1.54) is 13.2 Å². The number of methoxy groups -OCH3 is 1. The van der Waals surface area contributed by atoms with Crippen LogP contribution in [0.5, 0.6) is 11.5 Å².